The Labute approximate surface area is 130 Å². The van der Waals surface area contributed by atoms with Crippen molar-refractivity contribution in [3.8, 4) is 5.75 Å². The summed E-state index contributed by atoms with van der Waals surface area (Å²) in [6.45, 7) is 6.45. The molecule has 5 nitrogen and oxygen atoms in total. The topological polar surface area (TPSA) is 59.6 Å². The number of carbonyl (C=O) groups is 1. The van der Waals surface area contributed by atoms with Crippen LogP contribution in [0.15, 0.2) is 18.2 Å². The van der Waals surface area contributed by atoms with Crippen LogP contribution < -0.4 is 15.4 Å². The number of rotatable bonds is 5. The molecule has 0 aromatic heterocycles. The molecule has 2 N–H and O–H groups in total. The monoisotopic (exact) mass is 312 g/mol. The third-order valence-electron chi connectivity index (χ3n) is 3.01. The second-order valence-electron chi connectivity index (χ2n) is 5.42. The van der Waals surface area contributed by atoms with Crippen molar-refractivity contribution in [2.75, 3.05) is 31.7 Å². The number of nitrogens with one attached hydrogen (secondary N) is 2. The van der Waals surface area contributed by atoms with Crippen molar-refractivity contribution in [1.29, 1.82) is 0 Å². The van der Waals surface area contributed by atoms with E-state index in [0.29, 0.717) is 48.7 Å². The first-order valence-corrected chi connectivity index (χ1v) is 7.48. The molecule has 1 atom stereocenters. The smallest absolute Gasteiger partial charge is 0.243 e. The molecule has 6 heteroatoms. The Kier molecular flexibility index (Phi) is 5.85. The Bertz CT molecular complexity index is 488. The Hall–Kier alpha value is -1.30. The lowest BCUT2D eigenvalue weighted by Gasteiger charge is -2.23. The minimum Gasteiger partial charge on any atom is -0.492 e. The SMILES string of the molecule is CC(C)COc1ccc(NC(=O)[C@H]2COCCN2)cc1Cl. The van der Waals surface area contributed by atoms with Crippen molar-refractivity contribution in [3.05, 3.63) is 23.2 Å². The van der Waals surface area contributed by atoms with E-state index in [1.165, 1.54) is 0 Å². The predicted octanol–water partition coefficient (Wildman–Crippen LogP) is 2.30. The van der Waals surface area contributed by atoms with E-state index in [4.69, 9.17) is 21.1 Å². The minimum absolute atomic E-state index is 0.124. The van der Waals surface area contributed by atoms with Gasteiger partial charge >= 0.3 is 0 Å². The van der Waals surface area contributed by atoms with Gasteiger partial charge in [-0.2, -0.15) is 0 Å². The summed E-state index contributed by atoms with van der Waals surface area (Å²) >= 11 is 6.17. The third-order valence-corrected chi connectivity index (χ3v) is 3.31. The fraction of sp³-hybridized carbons (Fsp3) is 0.533. The van der Waals surface area contributed by atoms with Gasteiger partial charge in [-0.05, 0) is 24.1 Å². The highest BCUT2D eigenvalue weighted by Gasteiger charge is 2.21. The minimum atomic E-state index is -0.325. The van der Waals surface area contributed by atoms with Crippen molar-refractivity contribution in [1.82, 2.24) is 5.32 Å². The van der Waals surface area contributed by atoms with Gasteiger partial charge in [-0.1, -0.05) is 25.4 Å². The molecule has 1 amide bonds. The van der Waals surface area contributed by atoms with E-state index in [9.17, 15) is 4.79 Å². The van der Waals surface area contributed by atoms with Crippen LogP contribution in [-0.2, 0) is 9.53 Å². The van der Waals surface area contributed by atoms with Gasteiger partial charge in [0.15, 0.2) is 0 Å². The van der Waals surface area contributed by atoms with Gasteiger partial charge in [0, 0.05) is 12.2 Å². The average molecular weight is 313 g/mol. The molecule has 2 rings (SSSR count). The van der Waals surface area contributed by atoms with Crippen molar-refractivity contribution >= 4 is 23.2 Å². The zero-order valence-electron chi connectivity index (χ0n) is 12.3. The van der Waals surface area contributed by atoms with Crippen molar-refractivity contribution < 1.29 is 14.3 Å². The number of hydrogen-bond donors (Lipinski definition) is 2. The molecule has 1 aliphatic heterocycles. The highest BCUT2D eigenvalue weighted by atomic mass is 35.5. The number of halogens is 1. The largest absolute Gasteiger partial charge is 0.492 e. The molecule has 21 heavy (non-hydrogen) atoms. The molecule has 116 valence electrons. The molecule has 0 radical (unpaired) electrons. The van der Waals surface area contributed by atoms with Crippen LogP contribution in [0, 0.1) is 5.92 Å². The maximum Gasteiger partial charge on any atom is 0.243 e. The Morgan fingerprint density at radius 3 is 3.00 bits per heavy atom. The molecule has 1 heterocycles. The molecule has 0 aliphatic carbocycles. The molecule has 1 aliphatic rings. The lowest BCUT2D eigenvalue weighted by molar-refractivity contribution is -0.120. The fourth-order valence-electron chi connectivity index (χ4n) is 1.92. The van der Waals surface area contributed by atoms with Gasteiger partial charge in [0.05, 0.1) is 24.8 Å². The Balaban J connectivity index is 1.94. The molecule has 1 aromatic rings. The normalized spacial score (nSPS) is 18.6. The average Bonchev–Trinajstić information content (AvgIpc) is 2.47. The maximum atomic E-state index is 12.1. The van der Waals surface area contributed by atoms with Crippen LogP contribution in [0.3, 0.4) is 0 Å². The zero-order valence-corrected chi connectivity index (χ0v) is 13.1. The maximum absolute atomic E-state index is 12.1. The van der Waals surface area contributed by atoms with Gasteiger partial charge in [0.2, 0.25) is 5.91 Å². The summed E-state index contributed by atoms with van der Waals surface area (Å²) in [5, 5.41) is 6.41. The van der Waals surface area contributed by atoms with Crippen LogP contribution in [0.25, 0.3) is 0 Å². The molecular weight excluding hydrogens is 292 g/mol. The zero-order chi connectivity index (χ0) is 15.2. The second-order valence-corrected chi connectivity index (χ2v) is 5.83. The summed E-state index contributed by atoms with van der Waals surface area (Å²) in [5.41, 5.74) is 0.647. The van der Waals surface area contributed by atoms with E-state index in [0.717, 1.165) is 0 Å². The summed E-state index contributed by atoms with van der Waals surface area (Å²) in [6, 6.07) is 4.92. The Morgan fingerprint density at radius 1 is 1.57 bits per heavy atom. The second kappa shape index (κ2) is 7.64. The van der Waals surface area contributed by atoms with Crippen molar-refractivity contribution in [3.63, 3.8) is 0 Å². The summed E-state index contributed by atoms with van der Waals surface area (Å²) in [4.78, 5) is 12.1. The Morgan fingerprint density at radius 2 is 2.38 bits per heavy atom. The first-order valence-electron chi connectivity index (χ1n) is 7.10. The number of ether oxygens (including phenoxy) is 2. The van der Waals surface area contributed by atoms with Crippen LogP contribution in [0.1, 0.15) is 13.8 Å². The molecule has 0 bridgehead atoms. The number of morpholine rings is 1. The summed E-state index contributed by atoms with van der Waals surface area (Å²) in [5.74, 6) is 0.932. The molecule has 0 unspecified atom stereocenters. The van der Waals surface area contributed by atoms with Crippen LogP contribution >= 0.6 is 11.6 Å². The van der Waals surface area contributed by atoms with Gasteiger partial charge in [-0.25, -0.2) is 0 Å². The van der Waals surface area contributed by atoms with Crippen LogP contribution in [-0.4, -0.2) is 38.3 Å². The third kappa shape index (κ3) is 4.88. The van der Waals surface area contributed by atoms with Crippen LogP contribution in [0.4, 0.5) is 5.69 Å². The molecule has 0 spiro atoms. The first kappa shape index (κ1) is 16.1. The first-order chi connectivity index (χ1) is 10.1. The van der Waals surface area contributed by atoms with Gasteiger partial charge in [0.25, 0.3) is 0 Å². The van der Waals surface area contributed by atoms with E-state index < -0.39 is 0 Å². The number of benzene rings is 1. The van der Waals surface area contributed by atoms with Gasteiger partial charge in [0.1, 0.15) is 11.8 Å². The number of anilines is 1. The number of hydrogen-bond acceptors (Lipinski definition) is 4. The highest BCUT2D eigenvalue weighted by molar-refractivity contribution is 6.32. The summed E-state index contributed by atoms with van der Waals surface area (Å²) < 4.78 is 10.9. The lowest BCUT2D eigenvalue weighted by Crippen LogP contribution is -2.48. The van der Waals surface area contributed by atoms with E-state index >= 15 is 0 Å². The standard InChI is InChI=1S/C15H21ClN2O3/c1-10(2)8-21-14-4-3-11(7-12(14)16)18-15(19)13-9-20-6-5-17-13/h3-4,7,10,13,17H,5-6,8-9H2,1-2H3,(H,18,19)/t13-/m1/s1. The van der Waals surface area contributed by atoms with E-state index in [1.807, 2.05) is 0 Å². The van der Waals surface area contributed by atoms with Gasteiger partial charge in [-0.3, -0.25) is 4.79 Å². The van der Waals surface area contributed by atoms with E-state index in [-0.39, 0.29) is 11.9 Å². The quantitative estimate of drug-likeness (QED) is 0.876. The van der Waals surface area contributed by atoms with Gasteiger partial charge < -0.3 is 20.1 Å². The molecule has 0 saturated carbocycles. The summed E-state index contributed by atoms with van der Waals surface area (Å²) in [7, 11) is 0. The fourth-order valence-corrected chi connectivity index (χ4v) is 2.15. The number of amides is 1. The van der Waals surface area contributed by atoms with Crippen LogP contribution in [0.5, 0.6) is 5.75 Å². The highest BCUT2D eigenvalue weighted by Crippen LogP contribution is 2.28. The van der Waals surface area contributed by atoms with E-state index in [2.05, 4.69) is 24.5 Å². The molecule has 1 fully saturated rings. The number of carbonyl (C=O) groups excluding carboxylic acids is 1. The van der Waals surface area contributed by atoms with E-state index in [1.54, 1.807) is 18.2 Å². The van der Waals surface area contributed by atoms with Crippen molar-refractivity contribution in [2.45, 2.75) is 19.9 Å². The summed E-state index contributed by atoms with van der Waals surface area (Å²) in [6.07, 6.45) is 0. The van der Waals surface area contributed by atoms with Crippen molar-refractivity contribution in [2.24, 2.45) is 5.92 Å². The van der Waals surface area contributed by atoms with Crippen LogP contribution in [0.2, 0.25) is 5.02 Å². The molecule has 1 aromatic carbocycles. The molecule has 1 saturated heterocycles. The lowest BCUT2D eigenvalue weighted by atomic mass is 10.2. The predicted molar refractivity (Wildman–Crippen MR) is 83.0 cm³/mol. The van der Waals surface area contributed by atoms with Gasteiger partial charge in [-0.15, -0.1) is 0 Å². The molecular formula is C15H21ClN2O3.